The zero-order chi connectivity index (χ0) is 15.1. The predicted molar refractivity (Wildman–Crippen MR) is 84.5 cm³/mol. The number of carbonyl (C=O) groups is 1. The second-order valence-corrected chi connectivity index (χ2v) is 5.55. The Balaban J connectivity index is 1.77. The van der Waals surface area contributed by atoms with Gasteiger partial charge in [-0.2, -0.15) is 0 Å². The zero-order valence-corrected chi connectivity index (χ0v) is 12.7. The Morgan fingerprint density at radius 3 is 2.62 bits per heavy atom. The lowest BCUT2D eigenvalue weighted by Crippen LogP contribution is -2.15. The Morgan fingerprint density at radius 2 is 1.86 bits per heavy atom. The third-order valence-electron chi connectivity index (χ3n) is 3.27. The van der Waals surface area contributed by atoms with Gasteiger partial charge >= 0.3 is 5.97 Å². The van der Waals surface area contributed by atoms with Crippen molar-refractivity contribution in [1.29, 1.82) is 0 Å². The van der Waals surface area contributed by atoms with Crippen molar-refractivity contribution < 1.29 is 14.3 Å². The molecule has 0 saturated carbocycles. The van der Waals surface area contributed by atoms with E-state index in [4.69, 9.17) is 9.47 Å². The normalized spacial score (nSPS) is 10.8. The van der Waals surface area contributed by atoms with E-state index >= 15 is 0 Å². The number of hydrogen-bond donors (Lipinski definition) is 0. The van der Waals surface area contributed by atoms with E-state index in [-0.39, 0.29) is 12.6 Å². The highest BCUT2D eigenvalue weighted by atomic mass is 16.6. The van der Waals surface area contributed by atoms with Crippen molar-refractivity contribution in [3.63, 3.8) is 0 Å². The van der Waals surface area contributed by atoms with Crippen LogP contribution in [0.2, 0.25) is 0 Å². The minimum atomic E-state index is -0.313. The highest BCUT2D eigenvalue weighted by molar-refractivity contribution is 5.83. The van der Waals surface area contributed by atoms with Crippen LogP contribution in [0, 0.1) is 5.92 Å². The van der Waals surface area contributed by atoms with Gasteiger partial charge in [-0.3, -0.25) is 0 Å². The van der Waals surface area contributed by atoms with Gasteiger partial charge in [0.1, 0.15) is 5.75 Å². The first kappa shape index (κ1) is 15.4. The fraction of sp³-hybridized carbons (Fsp3) is 0.389. The van der Waals surface area contributed by atoms with E-state index in [2.05, 4.69) is 13.8 Å². The lowest BCUT2D eigenvalue weighted by atomic mass is 10.1. The highest BCUT2D eigenvalue weighted by Gasteiger charge is 2.05. The zero-order valence-electron chi connectivity index (χ0n) is 12.7. The summed E-state index contributed by atoms with van der Waals surface area (Å²) in [5, 5.41) is 2.25. The van der Waals surface area contributed by atoms with E-state index in [1.807, 2.05) is 42.5 Å². The second kappa shape index (κ2) is 7.67. The molecule has 0 N–H and O–H groups in total. The van der Waals surface area contributed by atoms with Gasteiger partial charge in [-0.15, -0.1) is 0 Å². The molecule has 2 aromatic rings. The van der Waals surface area contributed by atoms with Crippen molar-refractivity contribution >= 4 is 16.7 Å². The van der Waals surface area contributed by atoms with Crippen molar-refractivity contribution in [2.45, 2.75) is 26.7 Å². The average molecular weight is 286 g/mol. The molecule has 0 amide bonds. The predicted octanol–water partition coefficient (Wildman–Crippen LogP) is 4.20. The summed E-state index contributed by atoms with van der Waals surface area (Å²) in [7, 11) is 0. The number of rotatable bonds is 7. The Morgan fingerprint density at radius 1 is 1.10 bits per heavy atom. The molecule has 3 heteroatoms. The molecule has 3 nitrogen and oxygen atoms in total. The lowest BCUT2D eigenvalue weighted by molar-refractivity contribution is -0.146. The van der Waals surface area contributed by atoms with Gasteiger partial charge in [-0.1, -0.05) is 44.2 Å². The fourth-order valence-corrected chi connectivity index (χ4v) is 2.12. The summed E-state index contributed by atoms with van der Waals surface area (Å²) in [5.41, 5.74) is 0. The van der Waals surface area contributed by atoms with E-state index in [1.165, 1.54) is 0 Å². The molecule has 0 radical (unpaired) electrons. The van der Waals surface area contributed by atoms with E-state index in [0.29, 0.717) is 18.3 Å². The van der Waals surface area contributed by atoms with Gasteiger partial charge in [0.25, 0.3) is 0 Å². The molecule has 0 unspecified atom stereocenters. The van der Waals surface area contributed by atoms with Crippen LogP contribution in [0.25, 0.3) is 10.8 Å². The molecule has 2 aromatic carbocycles. The Hall–Kier alpha value is -2.03. The van der Waals surface area contributed by atoms with Gasteiger partial charge in [0.2, 0.25) is 0 Å². The maximum Gasteiger partial charge on any atom is 0.344 e. The van der Waals surface area contributed by atoms with Gasteiger partial charge in [0.15, 0.2) is 6.61 Å². The molecular weight excluding hydrogens is 264 g/mol. The second-order valence-electron chi connectivity index (χ2n) is 5.55. The highest BCUT2D eigenvalue weighted by Crippen LogP contribution is 2.20. The third kappa shape index (κ3) is 5.10. The van der Waals surface area contributed by atoms with E-state index in [9.17, 15) is 4.79 Å². The first-order valence-corrected chi connectivity index (χ1v) is 7.42. The number of fused-ring (bicyclic) bond motifs is 1. The number of benzene rings is 2. The number of hydrogen-bond acceptors (Lipinski definition) is 3. The number of esters is 1. The van der Waals surface area contributed by atoms with Gasteiger partial charge in [-0.05, 0) is 41.7 Å². The van der Waals surface area contributed by atoms with Crippen LogP contribution in [0.1, 0.15) is 26.7 Å². The fourth-order valence-electron chi connectivity index (χ4n) is 2.12. The molecule has 0 aliphatic carbocycles. The number of ether oxygens (including phenoxy) is 2. The number of carbonyl (C=O) groups excluding carboxylic acids is 1. The summed E-state index contributed by atoms with van der Waals surface area (Å²) in [5.74, 6) is 1.01. The van der Waals surface area contributed by atoms with E-state index < -0.39 is 0 Å². The van der Waals surface area contributed by atoms with Crippen LogP contribution >= 0.6 is 0 Å². The largest absolute Gasteiger partial charge is 0.482 e. The molecule has 0 atom stereocenters. The molecule has 0 fully saturated rings. The van der Waals surface area contributed by atoms with Gasteiger partial charge in [0.05, 0.1) is 6.61 Å². The lowest BCUT2D eigenvalue weighted by Gasteiger charge is -2.08. The molecule has 112 valence electrons. The monoisotopic (exact) mass is 286 g/mol. The average Bonchev–Trinajstić information content (AvgIpc) is 2.49. The molecule has 0 bridgehead atoms. The molecule has 0 spiro atoms. The van der Waals surface area contributed by atoms with Crippen LogP contribution < -0.4 is 4.74 Å². The van der Waals surface area contributed by atoms with Crippen LogP contribution in [0.15, 0.2) is 42.5 Å². The van der Waals surface area contributed by atoms with Crippen LogP contribution in [-0.4, -0.2) is 19.2 Å². The van der Waals surface area contributed by atoms with Crippen LogP contribution in [0.4, 0.5) is 0 Å². The first-order chi connectivity index (χ1) is 10.1. The molecule has 21 heavy (non-hydrogen) atoms. The van der Waals surface area contributed by atoms with Crippen molar-refractivity contribution in [2.24, 2.45) is 5.92 Å². The Labute approximate surface area is 125 Å². The molecule has 2 rings (SSSR count). The summed E-state index contributed by atoms with van der Waals surface area (Å²) in [6, 6.07) is 13.8. The molecule has 0 heterocycles. The standard InChI is InChI=1S/C18H22O3/c1-14(2)6-5-11-20-18(19)13-21-17-10-9-15-7-3-4-8-16(15)12-17/h3-4,7-10,12,14H,5-6,11,13H2,1-2H3. The maximum atomic E-state index is 11.6. The van der Waals surface area contributed by atoms with E-state index in [1.54, 1.807) is 0 Å². The van der Waals surface area contributed by atoms with Crippen molar-refractivity contribution in [2.75, 3.05) is 13.2 Å². The Bertz CT molecular complexity index is 590. The minimum absolute atomic E-state index is 0.0416. The summed E-state index contributed by atoms with van der Waals surface area (Å²) in [4.78, 5) is 11.6. The topological polar surface area (TPSA) is 35.5 Å². The third-order valence-corrected chi connectivity index (χ3v) is 3.27. The Kier molecular flexibility index (Phi) is 5.61. The van der Waals surface area contributed by atoms with E-state index in [0.717, 1.165) is 23.6 Å². The summed E-state index contributed by atoms with van der Waals surface area (Å²) in [6.45, 7) is 4.74. The van der Waals surface area contributed by atoms with Gasteiger partial charge in [-0.25, -0.2) is 4.79 Å². The van der Waals surface area contributed by atoms with Crippen LogP contribution in [0.5, 0.6) is 5.75 Å². The summed E-state index contributed by atoms with van der Waals surface area (Å²) >= 11 is 0. The first-order valence-electron chi connectivity index (χ1n) is 7.42. The van der Waals surface area contributed by atoms with Crippen molar-refractivity contribution in [3.8, 4) is 5.75 Å². The van der Waals surface area contributed by atoms with Crippen molar-refractivity contribution in [1.82, 2.24) is 0 Å². The molecule has 0 aliphatic heterocycles. The minimum Gasteiger partial charge on any atom is -0.482 e. The molecule has 0 aromatic heterocycles. The van der Waals surface area contributed by atoms with Gasteiger partial charge in [0, 0.05) is 0 Å². The van der Waals surface area contributed by atoms with Crippen LogP contribution in [0.3, 0.4) is 0 Å². The van der Waals surface area contributed by atoms with Gasteiger partial charge < -0.3 is 9.47 Å². The summed E-state index contributed by atoms with van der Waals surface area (Å²) in [6.07, 6.45) is 1.97. The molecular formula is C18H22O3. The maximum absolute atomic E-state index is 11.6. The smallest absolute Gasteiger partial charge is 0.344 e. The molecule has 0 aliphatic rings. The van der Waals surface area contributed by atoms with Crippen molar-refractivity contribution in [3.05, 3.63) is 42.5 Å². The molecule has 0 saturated heterocycles. The SMILES string of the molecule is CC(C)CCCOC(=O)COc1ccc2ccccc2c1. The van der Waals surface area contributed by atoms with Crippen LogP contribution in [-0.2, 0) is 9.53 Å². The summed E-state index contributed by atoms with van der Waals surface area (Å²) < 4.78 is 10.6. The quantitative estimate of drug-likeness (QED) is 0.565.